The van der Waals surface area contributed by atoms with E-state index in [2.05, 4.69) is 32.4 Å². The molecule has 0 aliphatic carbocycles. The van der Waals surface area contributed by atoms with Gasteiger partial charge in [0.05, 0.1) is 21.3 Å². The molecule has 3 aromatic heterocycles. The van der Waals surface area contributed by atoms with Crippen molar-refractivity contribution in [2.24, 2.45) is 0 Å². The Hall–Kier alpha value is -3.60. The van der Waals surface area contributed by atoms with Crippen molar-refractivity contribution in [2.75, 3.05) is 43.4 Å². The lowest BCUT2D eigenvalue weighted by molar-refractivity contribution is 0.102. The van der Waals surface area contributed by atoms with Crippen LogP contribution in [0.5, 0.6) is 0 Å². The number of anilines is 2. The number of aromatic nitrogens is 3. The monoisotopic (exact) mass is 522 g/mol. The largest absolute Gasteiger partial charge is 0.353 e. The molecule has 0 saturated carbocycles. The molecule has 182 valence electrons. The molecule has 0 atom stereocenters. The Morgan fingerprint density at radius 1 is 1.08 bits per heavy atom. The summed E-state index contributed by atoms with van der Waals surface area (Å²) in [5.74, 6) is -0.783. The number of thiazole rings is 1. The molecule has 1 aliphatic rings. The van der Waals surface area contributed by atoms with Gasteiger partial charge >= 0.3 is 0 Å². The van der Waals surface area contributed by atoms with Crippen LogP contribution < -0.4 is 15.6 Å². The minimum Gasteiger partial charge on any atom is -0.353 e. The van der Waals surface area contributed by atoms with Gasteiger partial charge in [0.25, 0.3) is 5.91 Å². The Morgan fingerprint density at radius 3 is 2.67 bits per heavy atom. The number of benzene rings is 2. The summed E-state index contributed by atoms with van der Waals surface area (Å²) in [7, 11) is 2.06. The van der Waals surface area contributed by atoms with Crippen LogP contribution >= 0.6 is 22.9 Å². The molecule has 36 heavy (non-hydrogen) atoms. The molecule has 0 unspecified atom stereocenters. The second-order valence-electron chi connectivity index (χ2n) is 8.72. The minimum absolute atomic E-state index is 0.0830. The molecule has 1 fully saturated rings. The summed E-state index contributed by atoms with van der Waals surface area (Å²) in [6, 6.07) is 13.1. The standard InChI is InChI=1S/C25H20ClFN6O2S/c1-31-8-10-32(11-9-31)20-13-15-22(34)21(24(35)28-17-12-14(26)6-7-16(17)27)25-33(23(15)30-29-20)18-4-2-3-5-19(18)36-25/h2-7,12-13H,8-11H2,1H3,(H,28,35). The van der Waals surface area contributed by atoms with Crippen LogP contribution in [0.15, 0.2) is 53.3 Å². The van der Waals surface area contributed by atoms with Crippen LogP contribution in [0.4, 0.5) is 15.9 Å². The van der Waals surface area contributed by atoms with Crippen molar-refractivity contribution in [1.82, 2.24) is 19.5 Å². The molecule has 1 saturated heterocycles. The van der Waals surface area contributed by atoms with Crippen molar-refractivity contribution in [3.05, 3.63) is 75.2 Å². The lowest BCUT2D eigenvalue weighted by Crippen LogP contribution is -2.45. The first-order valence-corrected chi connectivity index (χ1v) is 12.5. The number of para-hydroxylation sites is 1. The van der Waals surface area contributed by atoms with Gasteiger partial charge in [0.2, 0.25) is 5.43 Å². The van der Waals surface area contributed by atoms with E-state index in [0.717, 1.165) is 42.5 Å². The molecule has 0 spiro atoms. The molecule has 6 rings (SSSR count). The van der Waals surface area contributed by atoms with Crippen molar-refractivity contribution >= 4 is 66.4 Å². The molecular weight excluding hydrogens is 503 g/mol. The van der Waals surface area contributed by atoms with E-state index in [4.69, 9.17) is 11.6 Å². The zero-order valence-electron chi connectivity index (χ0n) is 19.2. The van der Waals surface area contributed by atoms with E-state index in [9.17, 15) is 14.0 Å². The van der Waals surface area contributed by atoms with Crippen LogP contribution in [-0.4, -0.2) is 58.6 Å². The Bertz CT molecular complexity index is 1730. The number of rotatable bonds is 3. The van der Waals surface area contributed by atoms with E-state index in [1.807, 2.05) is 24.3 Å². The average molecular weight is 523 g/mol. The van der Waals surface area contributed by atoms with Gasteiger partial charge in [0, 0.05) is 31.2 Å². The van der Waals surface area contributed by atoms with Gasteiger partial charge in [-0.2, -0.15) is 0 Å². The van der Waals surface area contributed by atoms with Gasteiger partial charge in [-0.25, -0.2) is 4.39 Å². The Kier molecular flexibility index (Phi) is 5.59. The fourth-order valence-electron chi connectivity index (χ4n) is 4.47. The number of amides is 1. The lowest BCUT2D eigenvalue weighted by atomic mass is 10.1. The SMILES string of the molecule is CN1CCN(c2cc3c(=O)c(C(=O)Nc4cc(Cl)ccc4F)c4sc5ccccc5n4c3nn2)CC1. The van der Waals surface area contributed by atoms with Crippen LogP contribution in [0.1, 0.15) is 10.4 Å². The van der Waals surface area contributed by atoms with E-state index in [1.165, 1.54) is 23.5 Å². The van der Waals surface area contributed by atoms with Crippen molar-refractivity contribution < 1.29 is 9.18 Å². The number of carbonyl (C=O) groups excluding carboxylic acids is 1. The first-order valence-electron chi connectivity index (χ1n) is 11.3. The van der Waals surface area contributed by atoms with Crippen LogP contribution in [-0.2, 0) is 0 Å². The number of fused-ring (bicyclic) bond motifs is 5. The zero-order valence-corrected chi connectivity index (χ0v) is 20.7. The van der Waals surface area contributed by atoms with Gasteiger partial charge in [0.15, 0.2) is 11.5 Å². The predicted molar refractivity (Wildman–Crippen MR) is 141 cm³/mol. The second-order valence-corrected chi connectivity index (χ2v) is 10.2. The summed E-state index contributed by atoms with van der Waals surface area (Å²) >= 11 is 7.29. The van der Waals surface area contributed by atoms with Crippen LogP contribution in [0.3, 0.4) is 0 Å². The van der Waals surface area contributed by atoms with Crippen molar-refractivity contribution in [3.8, 4) is 0 Å². The summed E-state index contributed by atoms with van der Waals surface area (Å²) in [4.78, 5) is 32.0. The number of halogens is 2. The van der Waals surface area contributed by atoms with Gasteiger partial charge in [-0.3, -0.25) is 14.0 Å². The second kappa shape index (κ2) is 8.81. The predicted octanol–water partition coefficient (Wildman–Crippen LogP) is 4.25. The highest BCUT2D eigenvalue weighted by Gasteiger charge is 2.25. The van der Waals surface area contributed by atoms with E-state index in [0.29, 0.717) is 16.3 Å². The van der Waals surface area contributed by atoms with E-state index < -0.39 is 17.2 Å². The number of piperazine rings is 1. The normalized spacial score (nSPS) is 14.7. The van der Waals surface area contributed by atoms with E-state index in [-0.39, 0.29) is 21.7 Å². The highest BCUT2D eigenvalue weighted by Crippen LogP contribution is 2.31. The first-order chi connectivity index (χ1) is 17.4. The van der Waals surface area contributed by atoms with Crippen LogP contribution in [0.25, 0.3) is 26.1 Å². The molecule has 1 N–H and O–H groups in total. The molecule has 0 bridgehead atoms. The van der Waals surface area contributed by atoms with Gasteiger partial charge in [-0.15, -0.1) is 21.5 Å². The molecule has 4 heterocycles. The average Bonchev–Trinajstić information content (AvgIpc) is 3.26. The lowest BCUT2D eigenvalue weighted by Gasteiger charge is -2.32. The van der Waals surface area contributed by atoms with Gasteiger partial charge < -0.3 is 15.1 Å². The number of nitrogens with zero attached hydrogens (tertiary/aromatic N) is 5. The number of likely N-dealkylation sites (N-methyl/N-ethyl adjacent to an activating group) is 1. The third-order valence-corrected chi connectivity index (χ3v) is 7.79. The number of hydrogen-bond acceptors (Lipinski definition) is 7. The van der Waals surface area contributed by atoms with Gasteiger partial charge in [-0.1, -0.05) is 23.7 Å². The number of pyridine rings is 1. The molecular formula is C25H20ClFN6O2S. The van der Waals surface area contributed by atoms with Crippen molar-refractivity contribution in [1.29, 1.82) is 0 Å². The number of carbonyl (C=O) groups is 1. The van der Waals surface area contributed by atoms with E-state index >= 15 is 0 Å². The van der Waals surface area contributed by atoms with Crippen molar-refractivity contribution in [2.45, 2.75) is 0 Å². The quantitative estimate of drug-likeness (QED) is 0.381. The number of hydrogen-bond donors (Lipinski definition) is 1. The highest BCUT2D eigenvalue weighted by molar-refractivity contribution is 7.24. The van der Waals surface area contributed by atoms with Gasteiger partial charge in [-0.05, 0) is 43.4 Å². The Morgan fingerprint density at radius 2 is 1.86 bits per heavy atom. The molecule has 1 amide bonds. The summed E-state index contributed by atoms with van der Waals surface area (Å²) in [6.07, 6.45) is 0. The molecule has 0 radical (unpaired) electrons. The maximum absolute atomic E-state index is 14.4. The van der Waals surface area contributed by atoms with E-state index in [1.54, 1.807) is 10.5 Å². The summed E-state index contributed by atoms with van der Waals surface area (Å²) < 4.78 is 17.0. The molecule has 2 aromatic carbocycles. The third-order valence-electron chi connectivity index (χ3n) is 6.41. The molecule has 1 aliphatic heterocycles. The van der Waals surface area contributed by atoms with Crippen molar-refractivity contribution in [3.63, 3.8) is 0 Å². The molecule has 8 nitrogen and oxygen atoms in total. The maximum Gasteiger partial charge on any atom is 0.262 e. The molecule has 11 heteroatoms. The topological polar surface area (TPSA) is 82.8 Å². The summed E-state index contributed by atoms with van der Waals surface area (Å²) in [5, 5.41) is 12.0. The fraction of sp³-hybridized carbons (Fsp3) is 0.200. The first kappa shape index (κ1) is 22.8. The summed E-state index contributed by atoms with van der Waals surface area (Å²) in [6.45, 7) is 3.24. The Labute approximate surface area is 213 Å². The Balaban J connectivity index is 1.58. The fourth-order valence-corrected chi connectivity index (χ4v) is 5.82. The molecule has 5 aromatic rings. The van der Waals surface area contributed by atoms with Crippen LogP contribution in [0, 0.1) is 5.82 Å². The smallest absolute Gasteiger partial charge is 0.262 e. The zero-order chi connectivity index (χ0) is 25.0. The number of nitrogens with one attached hydrogen (secondary N) is 1. The highest BCUT2D eigenvalue weighted by atomic mass is 35.5. The van der Waals surface area contributed by atoms with Crippen LogP contribution in [0.2, 0.25) is 5.02 Å². The minimum atomic E-state index is -0.718. The van der Waals surface area contributed by atoms with Gasteiger partial charge in [0.1, 0.15) is 16.2 Å². The third kappa shape index (κ3) is 3.78. The summed E-state index contributed by atoms with van der Waals surface area (Å²) in [5.41, 5.74) is 0.502. The maximum atomic E-state index is 14.4.